The summed E-state index contributed by atoms with van der Waals surface area (Å²) in [4.78, 5) is 24.6. The number of fused-ring (bicyclic) bond motifs is 1. The minimum atomic E-state index is -5.08. The molecule has 0 aliphatic carbocycles. The van der Waals surface area contributed by atoms with Gasteiger partial charge in [-0.2, -0.15) is 18.2 Å². The molecule has 0 unspecified atom stereocenters. The molecule has 0 fully saturated rings. The molecule has 0 amide bonds. The van der Waals surface area contributed by atoms with Gasteiger partial charge in [-0.05, 0) is 60.7 Å². The van der Waals surface area contributed by atoms with Crippen LogP contribution in [0.2, 0.25) is 0 Å². The Morgan fingerprint density at radius 3 is 2.14 bits per heavy atom. The molecular weight excluding hydrogens is 601 g/mol. The third-order valence-corrected chi connectivity index (χ3v) is 6.56. The minimum Gasteiger partial charge on any atom is -0.475 e. The number of imidazole rings is 1. The fraction of sp³-hybridized carbons (Fsp3) is 0.143. The summed E-state index contributed by atoms with van der Waals surface area (Å²) >= 11 is 0. The quantitative estimate of drug-likeness (QED) is 0.170. The number of carboxylic acid groups (broad SMARTS) is 1. The van der Waals surface area contributed by atoms with Gasteiger partial charge in [-0.3, -0.25) is 4.72 Å². The first-order valence-electron chi connectivity index (χ1n) is 12.7. The summed E-state index contributed by atoms with van der Waals surface area (Å²) in [5.41, 5.74) is 4.98. The second-order valence-electron chi connectivity index (χ2n) is 9.34. The van der Waals surface area contributed by atoms with E-state index in [-0.39, 0.29) is 0 Å². The lowest BCUT2D eigenvalue weighted by molar-refractivity contribution is -0.192. The molecule has 0 saturated carbocycles. The molecular formula is C28H27F3N8O4S. The number of aryl methyl sites for hydroxylation is 1. The van der Waals surface area contributed by atoms with E-state index in [9.17, 15) is 21.6 Å². The van der Waals surface area contributed by atoms with Gasteiger partial charge < -0.3 is 25.2 Å². The van der Waals surface area contributed by atoms with E-state index in [2.05, 4.69) is 25.3 Å². The van der Waals surface area contributed by atoms with Crippen LogP contribution < -0.4 is 20.3 Å². The Morgan fingerprint density at radius 1 is 0.909 bits per heavy atom. The van der Waals surface area contributed by atoms with Crippen LogP contribution in [0.4, 0.5) is 53.6 Å². The van der Waals surface area contributed by atoms with Crippen LogP contribution in [0.3, 0.4) is 0 Å². The lowest BCUT2D eigenvalue weighted by Crippen LogP contribution is -2.21. The van der Waals surface area contributed by atoms with Gasteiger partial charge >= 0.3 is 12.1 Å². The summed E-state index contributed by atoms with van der Waals surface area (Å²) in [7, 11) is 0.588. The summed E-state index contributed by atoms with van der Waals surface area (Å²) in [5, 5.41) is 13.6. The number of aliphatic carboxylic acids is 1. The van der Waals surface area contributed by atoms with Crippen LogP contribution in [-0.4, -0.2) is 58.5 Å². The van der Waals surface area contributed by atoms with Gasteiger partial charge in [-0.1, -0.05) is 18.2 Å². The highest BCUT2D eigenvalue weighted by Crippen LogP contribution is 2.29. The summed E-state index contributed by atoms with van der Waals surface area (Å²) in [6.07, 6.45) is -2.29. The maximum Gasteiger partial charge on any atom is 0.490 e. The standard InChI is InChI=1S/C26H26N8O2S.C2HF3O2/c1-33(21-13-14-23-22(17-21)30-26(34(23)2)29-18-7-5-4-6-8-18)24-15-16-27-25(31-24)28-19-9-11-20(12-10-19)32-37(3,35)36;3-2(4,5)1(6)7/h4-17,32H,1-3H3,(H,29,30)(H,27,28,31);(H,6,7). The molecule has 0 atom stereocenters. The Balaban J connectivity index is 0.000000566. The van der Waals surface area contributed by atoms with Crippen LogP contribution in [0, 0.1) is 0 Å². The van der Waals surface area contributed by atoms with Crippen molar-refractivity contribution in [2.24, 2.45) is 7.05 Å². The summed E-state index contributed by atoms with van der Waals surface area (Å²) in [6, 6.07) is 24.7. The number of benzene rings is 3. The number of anilines is 7. The molecule has 2 aromatic heterocycles. The molecule has 3 aromatic carbocycles. The predicted molar refractivity (Wildman–Crippen MR) is 162 cm³/mol. The Morgan fingerprint density at radius 2 is 1.52 bits per heavy atom. The van der Waals surface area contributed by atoms with Gasteiger partial charge in [0, 0.05) is 43.0 Å². The number of carbonyl (C=O) groups is 1. The van der Waals surface area contributed by atoms with Crippen LogP contribution >= 0.6 is 0 Å². The van der Waals surface area contributed by atoms with Crippen LogP contribution in [0.5, 0.6) is 0 Å². The number of nitrogens with zero attached hydrogens (tertiary/aromatic N) is 5. The van der Waals surface area contributed by atoms with Crippen molar-refractivity contribution in [2.45, 2.75) is 6.18 Å². The molecule has 5 aromatic rings. The van der Waals surface area contributed by atoms with Crippen molar-refractivity contribution in [3.63, 3.8) is 0 Å². The third kappa shape index (κ3) is 8.34. The normalized spacial score (nSPS) is 11.3. The van der Waals surface area contributed by atoms with Crippen molar-refractivity contribution in [3.05, 3.63) is 85.1 Å². The number of carboxylic acids is 1. The van der Waals surface area contributed by atoms with Crippen LogP contribution in [0.1, 0.15) is 0 Å². The molecule has 0 radical (unpaired) electrons. The van der Waals surface area contributed by atoms with Crippen molar-refractivity contribution in [3.8, 4) is 0 Å². The molecule has 16 heteroatoms. The maximum atomic E-state index is 11.4. The average Bonchev–Trinajstić information content (AvgIpc) is 3.27. The zero-order chi connectivity index (χ0) is 32.1. The molecule has 0 aliphatic heterocycles. The number of hydrogen-bond acceptors (Lipinski definition) is 9. The zero-order valence-corrected chi connectivity index (χ0v) is 24.3. The maximum absolute atomic E-state index is 11.4. The largest absolute Gasteiger partial charge is 0.490 e. The molecule has 2 heterocycles. The van der Waals surface area contributed by atoms with Crippen molar-refractivity contribution >= 4 is 67.5 Å². The summed E-state index contributed by atoms with van der Waals surface area (Å²) < 4.78 is 59.0. The molecule has 0 saturated heterocycles. The summed E-state index contributed by atoms with van der Waals surface area (Å²) in [5.74, 6) is -0.882. The fourth-order valence-electron chi connectivity index (χ4n) is 3.85. The van der Waals surface area contributed by atoms with Crippen LogP contribution in [0.25, 0.3) is 11.0 Å². The first kappa shape index (κ1) is 31.6. The van der Waals surface area contributed by atoms with E-state index in [4.69, 9.17) is 14.9 Å². The van der Waals surface area contributed by atoms with E-state index in [1.165, 1.54) is 0 Å². The van der Waals surface area contributed by atoms with Gasteiger partial charge in [0.1, 0.15) is 5.82 Å². The Kier molecular flexibility index (Phi) is 9.23. The molecule has 44 heavy (non-hydrogen) atoms. The fourth-order valence-corrected chi connectivity index (χ4v) is 4.42. The zero-order valence-electron chi connectivity index (χ0n) is 23.5. The molecule has 0 aliphatic rings. The monoisotopic (exact) mass is 628 g/mol. The highest BCUT2D eigenvalue weighted by molar-refractivity contribution is 7.92. The smallest absolute Gasteiger partial charge is 0.475 e. The van der Waals surface area contributed by atoms with Crippen molar-refractivity contribution in [1.29, 1.82) is 0 Å². The molecule has 0 bridgehead atoms. The van der Waals surface area contributed by atoms with Gasteiger partial charge in [0.25, 0.3) is 0 Å². The first-order valence-corrected chi connectivity index (χ1v) is 14.6. The molecule has 0 spiro atoms. The number of halogens is 3. The Bertz CT molecular complexity index is 1870. The highest BCUT2D eigenvalue weighted by Gasteiger charge is 2.38. The second kappa shape index (κ2) is 12.9. The van der Waals surface area contributed by atoms with Gasteiger partial charge in [-0.25, -0.2) is 23.2 Å². The van der Waals surface area contributed by atoms with Gasteiger partial charge in [0.15, 0.2) is 0 Å². The lowest BCUT2D eigenvalue weighted by atomic mass is 10.2. The second-order valence-corrected chi connectivity index (χ2v) is 11.1. The number of hydrogen-bond donors (Lipinski definition) is 4. The molecule has 230 valence electrons. The van der Waals surface area contributed by atoms with Crippen molar-refractivity contribution in [2.75, 3.05) is 33.6 Å². The Labute approximate surface area is 250 Å². The van der Waals surface area contributed by atoms with Gasteiger partial charge in [-0.15, -0.1) is 0 Å². The van der Waals surface area contributed by atoms with E-state index in [1.807, 2.05) is 78.2 Å². The SMILES string of the molecule is CN(c1ccc2c(c1)nc(Nc1ccccc1)n2C)c1ccnc(Nc2ccc(NS(C)(=O)=O)cc2)n1.O=C(O)C(F)(F)F. The molecule has 4 N–H and O–H groups in total. The van der Waals surface area contributed by atoms with E-state index >= 15 is 0 Å². The average molecular weight is 629 g/mol. The van der Waals surface area contributed by atoms with Crippen molar-refractivity contribution < 1.29 is 31.5 Å². The highest BCUT2D eigenvalue weighted by atomic mass is 32.2. The number of para-hydroxylation sites is 1. The number of sulfonamides is 1. The van der Waals surface area contributed by atoms with E-state index in [0.29, 0.717) is 17.5 Å². The van der Waals surface area contributed by atoms with Gasteiger partial charge in [0.05, 0.1) is 17.3 Å². The topological polar surface area (TPSA) is 154 Å². The molecule has 12 nitrogen and oxygen atoms in total. The van der Waals surface area contributed by atoms with E-state index in [1.54, 1.807) is 30.5 Å². The third-order valence-electron chi connectivity index (χ3n) is 5.95. The first-order chi connectivity index (χ1) is 20.7. The predicted octanol–water partition coefficient (Wildman–Crippen LogP) is 5.62. The molecule has 5 rings (SSSR count). The lowest BCUT2D eigenvalue weighted by Gasteiger charge is -2.19. The minimum absolute atomic E-state index is 0.418. The number of nitrogens with one attached hydrogen (secondary N) is 3. The number of rotatable bonds is 8. The number of aromatic nitrogens is 4. The van der Waals surface area contributed by atoms with Crippen LogP contribution in [0.15, 0.2) is 85.1 Å². The van der Waals surface area contributed by atoms with Crippen molar-refractivity contribution in [1.82, 2.24) is 19.5 Å². The van der Waals surface area contributed by atoms with Crippen LogP contribution in [-0.2, 0) is 21.9 Å². The number of alkyl halides is 3. The van der Waals surface area contributed by atoms with E-state index in [0.717, 1.165) is 40.3 Å². The Hall–Kier alpha value is -5.38. The van der Waals surface area contributed by atoms with Gasteiger partial charge in [0.2, 0.25) is 21.9 Å². The summed E-state index contributed by atoms with van der Waals surface area (Å²) in [6.45, 7) is 0. The van der Waals surface area contributed by atoms with E-state index < -0.39 is 22.2 Å².